The molecule has 42 heavy (non-hydrogen) atoms. The minimum atomic E-state index is -5.10. The number of pyridine rings is 2. The molecule has 1 saturated heterocycles. The zero-order valence-corrected chi connectivity index (χ0v) is 22.0. The van der Waals surface area contributed by atoms with E-state index in [0.717, 1.165) is 18.3 Å². The van der Waals surface area contributed by atoms with Crippen molar-refractivity contribution in [3.05, 3.63) is 83.4 Å². The van der Waals surface area contributed by atoms with Gasteiger partial charge >= 0.3 is 6.18 Å². The van der Waals surface area contributed by atoms with E-state index in [0.29, 0.717) is 38.1 Å². The van der Waals surface area contributed by atoms with Gasteiger partial charge in [-0.1, -0.05) is 0 Å². The maximum Gasteiger partial charge on any atom is 0.434 e. The normalized spacial score (nSPS) is 15.9. The summed E-state index contributed by atoms with van der Waals surface area (Å²) in [6, 6.07) is 7.09. The second kappa shape index (κ2) is 11.7. The average molecular weight is 590 g/mol. The lowest BCUT2D eigenvalue weighted by molar-refractivity contribution is -0.143. The molecular weight excluding hydrogens is 565 g/mol. The summed E-state index contributed by atoms with van der Waals surface area (Å²) in [5.74, 6) is -3.71. The minimum absolute atomic E-state index is 0.110. The molecule has 0 spiro atoms. The molecule has 1 aliphatic heterocycles. The Hall–Kier alpha value is -4.63. The van der Waals surface area contributed by atoms with Gasteiger partial charge < -0.3 is 20.5 Å². The quantitative estimate of drug-likeness (QED) is 0.295. The van der Waals surface area contributed by atoms with Crippen molar-refractivity contribution >= 4 is 17.4 Å². The minimum Gasteiger partial charge on any atom is -0.454 e. The standard InChI is InChI=1S/C27H24F5N7O3/c1-15-14-41-10-9-38(15)13-18-21(6-8-34-24(18)33)42-22-5-4-16(11-20(22)29)37-26(40)17-12-36-39(23(17)27(30,31)32)25-19(28)3-2-7-35-25/h2-8,11-12,15H,9-10,13-14H2,1H3,(H2,33,34)(H,37,40)/t15-/m0/s1. The van der Waals surface area contributed by atoms with Crippen molar-refractivity contribution in [2.75, 3.05) is 30.8 Å². The van der Waals surface area contributed by atoms with Crippen molar-refractivity contribution < 1.29 is 36.2 Å². The number of carbonyl (C=O) groups is 1. The third kappa shape index (κ3) is 6.01. The fourth-order valence-corrected chi connectivity index (χ4v) is 4.40. The maximum absolute atomic E-state index is 15.1. The number of hydrogen-bond acceptors (Lipinski definition) is 8. The number of nitrogen functional groups attached to an aromatic ring is 1. The largest absolute Gasteiger partial charge is 0.454 e. The molecule has 0 aliphatic carbocycles. The van der Waals surface area contributed by atoms with Crippen molar-refractivity contribution in [1.82, 2.24) is 24.6 Å². The van der Waals surface area contributed by atoms with E-state index in [4.69, 9.17) is 15.2 Å². The van der Waals surface area contributed by atoms with Crippen LogP contribution < -0.4 is 15.8 Å². The van der Waals surface area contributed by atoms with Gasteiger partial charge in [-0.15, -0.1) is 0 Å². The molecule has 1 aliphatic rings. The zero-order valence-electron chi connectivity index (χ0n) is 22.0. The second-order valence-corrected chi connectivity index (χ2v) is 9.39. The summed E-state index contributed by atoms with van der Waals surface area (Å²) < 4.78 is 82.5. The number of benzene rings is 1. The van der Waals surface area contributed by atoms with Crippen molar-refractivity contribution in [2.45, 2.75) is 25.7 Å². The fourth-order valence-electron chi connectivity index (χ4n) is 4.40. The van der Waals surface area contributed by atoms with E-state index in [2.05, 4.69) is 25.3 Å². The number of anilines is 2. The number of halogens is 5. The van der Waals surface area contributed by atoms with Crippen LogP contribution >= 0.6 is 0 Å². The van der Waals surface area contributed by atoms with Crippen LogP contribution in [0.25, 0.3) is 5.82 Å². The van der Waals surface area contributed by atoms with E-state index < -0.39 is 40.8 Å². The van der Waals surface area contributed by atoms with Crippen LogP contribution in [0.4, 0.5) is 33.5 Å². The van der Waals surface area contributed by atoms with Gasteiger partial charge in [0, 0.05) is 43.3 Å². The smallest absolute Gasteiger partial charge is 0.434 e. The molecule has 3 N–H and O–H groups in total. The van der Waals surface area contributed by atoms with E-state index in [-0.39, 0.29) is 33.7 Å². The Morgan fingerprint density at radius 1 is 1.14 bits per heavy atom. The lowest BCUT2D eigenvalue weighted by atomic mass is 10.1. The van der Waals surface area contributed by atoms with E-state index in [1.165, 1.54) is 30.5 Å². The Morgan fingerprint density at radius 3 is 2.67 bits per heavy atom. The molecule has 1 aromatic carbocycles. The summed E-state index contributed by atoms with van der Waals surface area (Å²) in [7, 11) is 0. The van der Waals surface area contributed by atoms with Crippen LogP contribution in [-0.2, 0) is 17.5 Å². The molecule has 15 heteroatoms. The van der Waals surface area contributed by atoms with Gasteiger partial charge in [0.1, 0.15) is 11.6 Å². The molecule has 3 aromatic heterocycles. The first-order chi connectivity index (χ1) is 20.0. The first-order valence-corrected chi connectivity index (χ1v) is 12.6. The molecular formula is C27H24F5N7O3. The molecule has 10 nitrogen and oxygen atoms in total. The summed E-state index contributed by atoms with van der Waals surface area (Å²) >= 11 is 0. The first-order valence-electron chi connectivity index (χ1n) is 12.6. The Morgan fingerprint density at radius 2 is 1.95 bits per heavy atom. The van der Waals surface area contributed by atoms with Gasteiger partial charge in [-0.05, 0) is 37.3 Å². The third-order valence-corrected chi connectivity index (χ3v) is 6.54. The first kappa shape index (κ1) is 28.9. The molecule has 220 valence electrons. The number of alkyl halides is 3. The lowest BCUT2D eigenvalue weighted by Gasteiger charge is -2.33. The summed E-state index contributed by atoms with van der Waals surface area (Å²) in [6.45, 7) is 4.13. The predicted molar refractivity (Wildman–Crippen MR) is 140 cm³/mol. The zero-order chi connectivity index (χ0) is 30.0. The highest BCUT2D eigenvalue weighted by Crippen LogP contribution is 2.35. The highest BCUT2D eigenvalue weighted by Gasteiger charge is 2.41. The second-order valence-electron chi connectivity index (χ2n) is 9.39. The van der Waals surface area contributed by atoms with Crippen LogP contribution in [-0.4, -0.2) is 56.4 Å². The molecule has 1 atom stereocenters. The number of nitrogens with two attached hydrogens (primary N) is 1. The van der Waals surface area contributed by atoms with Gasteiger partial charge in [-0.3, -0.25) is 9.69 Å². The molecule has 4 heterocycles. The Balaban J connectivity index is 1.37. The number of amides is 1. The third-order valence-electron chi connectivity index (χ3n) is 6.54. The van der Waals surface area contributed by atoms with Gasteiger partial charge in [0.25, 0.3) is 5.91 Å². The monoisotopic (exact) mass is 589 g/mol. The van der Waals surface area contributed by atoms with E-state index in [9.17, 15) is 22.4 Å². The number of carbonyl (C=O) groups excluding carboxylic acids is 1. The van der Waals surface area contributed by atoms with Crippen molar-refractivity contribution in [3.8, 4) is 17.3 Å². The Kier molecular flexibility index (Phi) is 8.04. The summed E-state index contributed by atoms with van der Waals surface area (Å²) in [6.07, 6.45) is -1.97. The van der Waals surface area contributed by atoms with Gasteiger partial charge in [-0.2, -0.15) is 18.3 Å². The van der Waals surface area contributed by atoms with Gasteiger partial charge in [0.05, 0.1) is 30.5 Å². The van der Waals surface area contributed by atoms with Crippen LogP contribution in [0.1, 0.15) is 28.5 Å². The van der Waals surface area contributed by atoms with Crippen molar-refractivity contribution in [2.24, 2.45) is 0 Å². The van der Waals surface area contributed by atoms with Crippen LogP contribution in [0.3, 0.4) is 0 Å². The molecule has 5 rings (SSSR count). The Labute approximate surface area is 235 Å². The number of ether oxygens (including phenoxy) is 2. The number of rotatable bonds is 7. The van der Waals surface area contributed by atoms with Crippen LogP contribution in [0.15, 0.2) is 55.0 Å². The fraction of sp³-hybridized carbons (Fsp3) is 0.259. The topological polar surface area (TPSA) is 120 Å². The van der Waals surface area contributed by atoms with Gasteiger partial charge in [-0.25, -0.2) is 23.4 Å². The number of morpholine rings is 1. The average Bonchev–Trinajstić information content (AvgIpc) is 3.39. The van der Waals surface area contributed by atoms with Crippen LogP contribution in [0.2, 0.25) is 0 Å². The molecule has 0 bridgehead atoms. The highest BCUT2D eigenvalue weighted by atomic mass is 19.4. The summed E-state index contributed by atoms with van der Waals surface area (Å²) in [4.78, 5) is 22.7. The number of nitrogens with one attached hydrogen (secondary N) is 1. The molecule has 1 amide bonds. The number of nitrogens with zero attached hydrogens (tertiary/aromatic N) is 5. The predicted octanol–water partition coefficient (Wildman–Crippen LogP) is 4.81. The summed E-state index contributed by atoms with van der Waals surface area (Å²) in [5, 5.41) is 5.74. The molecule has 0 saturated carbocycles. The number of hydrogen-bond donors (Lipinski definition) is 2. The van der Waals surface area contributed by atoms with Crippen molar-refractivity contribution in [3.63, 3.8) is 0 Å². The summed E-state index contributed by atoms with van der Waals surface area (Å²) in [5.41, 5.74) is 4.02. The van der Waals surface area contributed by atoms with Crippen molar-refractivity contribution in [1.29, 1.82) is 0 Å². The lowest BCUT2D eigenvalue weighted by Crippen LogP contribution is -2.43. The Bertz CT molecular complexity index is 1610. The molecule has 0 unspecified atom stereocenters. The molecule has 1 fully saturated rings. The molecule has 4 aromatic rings. The number of aromatic nitrogens is 4. The maximum atomic E-state index is 15.1. The SMILES string of the molecule is C[C@H]1COCCN1Cc1c(Oc2ccc(NC(=O)c3cnn(-c4ncccc4F)c3C(F)(F)F)cc2F)ccnc1N. The van der Waals surface area contributed by atoms with Crippen LogP contribution in [0, 0.1) is 11.6 Å². The van der Waals surface area contributed by atoms with Gasteiger partial charge in [0.15, 0.2) is 28.9 Å². The van der Waals surface area contributed by atoms with E-state index >= 15 is 4.39 Å². The van der Waals surface area contributed by atoms with Gasteiger partial charge in [0.2, 0.25) is 0 Å². The van der Waals surface area contributed by atoms with E-state index in [1.807, 2.05) is 6.92 Å². The van der Waals surface area contributed by atoms with Crippen LogP contribution in [0.5, 0.6) is 11.5 Å². The highest BCUT2D eigenvalue weighted by molar-refractivity contribution is 6.05. The van der Waals surface area contributed by atoms with E-state index in [1.54, 1.807) is 0 Å². The molecule has 0 radical (unpaired) electrons.